The smallest absolute Gasteiger partial charge is 0.303 e. The highest BCUT2D eigenvalue weighted by molar-refractivity contribution is 5.93. The number of carboxylic acid groups (broad SMARTS) is 1. The van der Waals surface area contributed by atoms with Crippen LogP contribution in [0.3, 0.4) is 0 Å². The molecule has 0 aromatic heterocycles. The van der Waals surface area contributed by atoms with Gasteiger partial charge in [0.2, 0.25) is 5.91 Å². The maximum atomic E-state index is 12.6. The van der Waals surface area contributed by atoms with Crippen molar-refractivity contribution in [2.45, 2.75) is 25.7 Å². The fourth-order valence-corrected chi connectivity index (χ4v) is 3.53. The quantitative estimate of drug-likeness (QED) is 0.722. The lowest BCUT2D eigenvalue weighted by atomic mass is 9.93. The van der Waals surface area contributed by atoms with Gasteiger partial charge in [-0.25, -0.2) is 0 Å². The normalized spacial score (nSPS) is 17.1. The molecule has 1 unspecified atom stereocenters. The molecule has 1 amide bonds. The Hall–Kier alpha value is -2.86. The topological polar surface area (TPSA) is 78.9 Å². The molecular weight excluding hydrogens is 356 g/mol. The number of piperidine rings is 1. The summed E-state index contributed by atoms with van der Waals surface area (Å²) in [6, 6.07) is 16.8. The first-order valence-corrected chi connectivity index (χ1v) is 9.66. The lowest BCUT2D eigenvalue weighted by Crippen LogP contribution is -2.40. The Morgan fingerprint density at radius 3 is 2.64 bits per heavy atom. The van der Waals surface area contributed by atoms with E-state index in [1.165, 1.54) is 0 Å². The van der Waals surface area contributed by atoms with Gasteiger partial charge in [-0.15, -0.1) is 0 Å². The van der Waals surface area contributed by atoms with Crippen molar-refractivity contribution in [3.63, 3.8) is 0 Å². The van der Waals surface area contributed by atoms with Crippen LogP contribution in [0.25, 0.3) is 0 Å². The van der Waals surface area contributed by atoms with E-state index in [4.69, 9.17) is 9.84 Å². The summed E-state index contributed by atoms with van der Waals surface area (Å²) >= 11 is 0. The number of aliphatic carboxylic acids is 1. The van der Waals surface area contributed by atoms with Gasteiger partial charge in [-0.1, -0.05) is 30.3 Å². The van der Waals surface area contributed by atoms with Crippen LogP contribution in [0.15, 0.2) is 54.6 Å². The van der Waals surface area contributed by atoms with Gasteiger partial charge in [-0.2, -0.15) is 0 Å². The standard InChI is InChI=1S/C22H26N2O4/c25-21(16-24-14-6-7-17(15-24)12-13-22(26)27)23-19-10-4-5-11-20(19)28-18-8-2-1-3-9-18/h1-5,8-11,17H,6-7,12-16H2,(H,23,25)(H,26,27). The molecule has 1 heterocycles. The number of rotatable bonds is 8. The molecule has 1 aliphatic rings. The largest absolute Gasteiger partial charge is 0.481 e. The van der Waals surface area contributed by atoms with Crippen molar-refractivity contribution >= 4 is 17.6 Å². The summed E-state index contributed by atoms with van der Waals surface area (Å²) in [5.41, 5.74) is 0.635. The summed E-state index contributed by atoms with van der Waals surface area (Å²) in [7, 11) is 0. The number of carboxylic acids is 1. The van der Waals surface area contributed by atoms with E-state index in [1.807, 2.05) is 54.6 Å². The maximum Gasteiger partial charge on any atom is 0.303 e. The molecule has 0 spiro atoms. The Labute approximate surface area is 165 Å². The molecule has 6 nitrogen and oxygen atoms in total. The zero-order chi connectivity index (χ0) is 19.8. The molecule has 28 heavy (non-hydrogen) atoms. The number of para-hydroxylation sites is 3. The average Bonchev–Trinajstić information content (AvgIpc) is 2.69. The second-order valence-corrected chi connectivity index (χ2v) is 7.14. The van der Waals surface area contributed by atoms with Crippen molar-refractivity contribution in [1.82, 2.24) is 4.90 Å². The number of nitrogens with one attached hydrogen (secondary N) is 1. The molecule has 3 rings (SSSR count). The molecule has 1 fully saturated rings. The highest BCUT2D eigenvalue weighted by atomic mass is 16.5. The molecule has 0 radical (unpaired) electrons. The molecule has 2 aromatic carbocycles. The number of benzene rings is 2. The number of anilines is 1. The zero-order valence-corrected chi connectivity index (χ0v) is 15.8. The van der Waals surface area contributed by atoms with Crippen molar-refractivity contribution in [2.24, 2.45) is 5.92 Å². The number of nitrogens with zero attached hydrogens (tertiary/aromatic N) is 1. The molecule has 1 aliphatic heterocycles. The van der Waals surface area contributed by atoms with Crippen molar-refractivity contribution in [1.29, 1.82) is 0 Å². The first-order chi connectivity index (χ1) is 13.6. The number of hydrogen-bond donors (Lipinski definition) is 2. The Morgan fingerprint density at radius 1 is 1.11 bits per heavy atom. The number of amides is 1. The van der Waals surface area contributed by atoms with E-state index < -0.39 is 5.97 Å². The lowest BCUT2D eigenvalue weighted by Gasteiger charge is -2.32. The summed E-state index contributed by atoms with van der Waals surface area (Å²) < 4.78 is 5.89. The lowest BCUT2D eigenvalue weighted by molar-refractivity contribution is -0.137. The van der Waals surface area contributed by atoms with E-state index in [-0.39, 0.29) is 12.3 Å². The number of carbonyl (C=O) groups is 2. The van der Waals surface area contributed by atoms with Crippen LogP contribution in [0, 0.1) is 5.92 Å². The minimum atomic E-state index is -0.759. The van der Waals surface area contributed by atoms with Gasteiger partial charge in [0.15, 0.2) is 5.75 Å². The minimum absolute atomic E-state index is 0.0944. The van der Waals surface area contributed by atoms with Gasteiger partial charge in [0.1, 0.15) is 5.75 Å². The van der Waals surface area contributed by atoms with Crippen LogP contribution in [-0.2, 0) is 9.59 Å². The van der Waals surface area contributed by atoms with E-state index in [2.05, 4.69) is 10.2 Å². The highest BCUT2D eigenvalue weighted by Gasteiger charge is 2.22. The molecule has 0 aliphatic carbocycles. The van der Waals surface area contributed by atoms with E-state index in [0.717, 1.165) is 25.9 Å². The first-order valence-electron chi connectivity index (χ1n) is 9.66. The van der Waals surface area contributed by atoms with Crippen LogP contribution in [0.5, 0.6) is 11.5 Å². The Balaban J connectivity index is 1.55. The highest BCUT2D eigenvalue weighted by Crippen LogP contribution is 2.29. The molecule has 6 heteroatoms. The number of hydrogen-bond acceptors (Lipinski definition) is 4. The van der Waals surface area contributed by atoms with Crippen LogP contribution >= 0.6 is 0 Å². The summed E-state index contributed by atoms with van der Waals surface area (Å²) in [5, 5.41) is 11.8. The van der Waals surface area contributed by atoms with E-state index in [0.29, 0.717) is 36.1 Å². The molecule has 2 aromatic rings. The second-order valence-electron chi connectivity index (χ2n) is 7.14. The Morgan fingerprint density at radius 2 is 1.86 bits per heavy atom. The third-order valence-corrected chi connectivity index (χ3v) is 4.87. The third-order valence-electron chi connectivity index (χ3n) is 4.87. The number of likely N-dealkylation sites (tertiary alicyclic amines) is 1. The van der Waals surface area contributed by atoms with Crippen LogP contribution in [0.2, 0.25) is 0 Å². The monoisotopic (exact) mass is 382 g/mol. The average molecular weight is 382 g/mol. The van der Waals surface area contributed by atoms with Gasteiger partial charge in [-0.3, -0.25) is 14.5 Å². The molecule has 0 saturated carbocycles. The zero-order valence-electron chi connectivity index (χ0n) is 15.8. The van der Waals surface area contributed by atoms with Crippen molar-refractivity contribution < 1.29 is 19.4 Å². The Bertz CT molecular complexity index is 794. The van der Waals surface area contributed by atoms with Gasteiger partial charge < -0.3 is 15.2 Å². The fraction of sp³-hybridized carbons (Fsp3) is 0.364. The van der Waals surface area contributed by atoms with Crippen LogP contribution in [-0.4, -0.2) is 41.5 Å². The van der Waals surface area contributed by atoms with E-state index in [9.17, 15) is 9.59 Å². The van der Waals surface area contributed by atoms with Gasteiger partial charge >= 0.3 is 5.97 Å². The Kier molecular flexibility index (Phi) is 7.03. The molecular formula is C22H26N2O4. The maximum absolute atomic E-state index is 12.6. The molecule has 1 saturated heterocycles. The fourth-order valence-electron chi connectivity index (χ4n) is 3.53. The predicted octanol–water partition coefficient (Wildman–Crippen LogP) is 3.99. The second kappa shape index (κ2) is 9.90. The van der Waals surface area contributed by atoms with E-state index in [1.54, 1.807) is 0 Å². The molecule has 1 atom stereocenters. The first kappa shape index (κ1) is 19.9. The van der Waals surface area contributed by atoms with Crippen molar-refractivity contribution in [3.8, 4) is 11.5 Å². The van der Waals surface area contributed by atoms with Crippen molar-refractivity contribution in [2.75, 3.05) is 25.0 Å². The van der Waals surface area contributed by atoms with Crippen LogP contribution in [0.1, 0.15) is 25.7 Å². The van der Waals surface area contributed by atoms with Crippen molar-refractivity contribution in [3.05, 3.63) is 54.6 Å². The van der Waals surface area contributed by atoms with E-state index >= 15 is 0 Å². The predicted molar refractivity (Wildman–Crippen MR) is 108 cm³/mol. The third kappa shape index (κ3) is 6.09. The van der Waals surface area contributed by atoms with Gasteiger partial charge in [0.05, 0.1) is 12.2 Å². The summed E-state index contributed by atoms with van der Waals surface area (Å²) in [6.45, 7) is 1.92. The minimum Gasteiger partial charge on any atom is -0.481 e. The SMILES string of the molecule is O=C(O)CCC1CCCN(CC(=O)Nc2ccccc2Oc2ccccc2)C1. The van der Waals surface area contributed by atoms with Gasteiger partial charge in [0, 0.05) is 13.0 Å². The summed E-state index contributed by atoms with van der Waals surface area (Å²) in [4.78, 5) is 25.4. The van der Waals surface area contributed by atoms with Gasteiger partial charge in [0.25, 0.3) is 0 Å². The summed E-state index contributed by atoms with van der Waals surface area (Å²) in [5.74, 6) is 0.792. The number of ether oxygens (including phenoxy) is 1. The van der Waals surface area contributed by atoms with Crippen LogP contribution in [0.4, 0.5) is 5.69 Å². The molecule has 0 bridgehead atoms. The van der Waals surface area contributed by atoms with Crippen LogP contribution < -0.4 is 10.1 Å². The number of carbonyl (C=O) groups excluding carboxylic acids is 1. The molecule has 148 valence electrons. The molecule has 2 N–H and O–H groups in total. The summed E-state index contributed by atoms with van der Waals surface area (Å²) in [6.07, 6.45) is 2.88. The van der Waals surface area contributed by atoms with Gasteiger partial charge in [-0.05, 0) is 56.0 Å².